The summed E-state index contributed by atoms with van der Waals surface area (Å²) in [6, 6.07) is 0. The lowest BCUT2D eigenvalue weighted by Gasteiger charge is -1.99. The first kappa shape index (κ1) is 10.5. The highest BCUT2D eigenvalue weighted by Gasteiger charge is 1.94. The Balaban J connectivity index is 1.94. The maximum absolute atomic E-state index is 5.11. The monoisotopic (exact) mass is 213 g/mol. The quantitative estimate of drug-likeness (QED) is 0.565. The molecule has 3 nitrogen and oxygen atoms in total. The maximum Gasteiger partial charge on any atom is 0.0893 e. The second-order valence-electron chi connectivity index (χ2n) is 2.33. The van der Waals surface area contributed by atoms with E-state index in [-0.39, 0.29) is 0 Å². The number of nitrogens with one attached hydrogen (secondary N) is 1. The Morgan fingerprint density at radius 1 is 1.69 bits per heavy atom. The van der Waals surface area contributed by atoms with Gasteiger partial charge in [0.05, 0.1) is 11.4 Å². The number of rotatable bonds is 6. The molecule has 13 heavy (non-hydrogen) atoms. The van der Waals surface area contributed by atoms with Crippen molar-refractivity contribution >= 4 is 23.3 Å². The van der Waals surface area contributed by atoms with Gasteiger partial charge in [-0.1, -0.05) is 10.4 Å². The topological polar surface area (TPSA) is 37.8 Å². The first-order chi connectivity index (χ1) is 6.43. The summed E-state index contributed by atoms with van der Waals surface area (Å²) in [6.45, 7) is 1.76. The average Bonchev–Trinajstić information content (AvgIpc) is 2.63. The molecule has 0 saturated heterocycles. The van der Waals surface area contributed by atoms with Gasteiger partial charge in [-0.2, -0.15) is 0 Å². The van der Waals surface area contributed by atoms with Crippen molar-refractivity contribution in [1.82, 2.24) is 14.9 Å². The summed E-state index contributed by atoms with van der Waals surface area (Å²) in [6.07, 6.45) is 5.11. The largest absolute Gasteiger partial charge is 0.310 e. The average molecular weight is 213 g/mol. The predicted octanol–water partition coefficient (Wildman–Crippen LogP) is 0.994. The van der Waals surface area contributed by atoms with Crippen molar-refractivity contribution in [3.8, 4) is 12.3 Å². The molecular formula is C8H11N3S2. The molecule has 0 aliphatic rings. The molecule has 0 unspecified atom stereocenters. The van der Waals surface area contributed by atoms with E-state index < -0.39 is 0 Å². The van der Waals surface area contributed by atoms with Crippen LogP contribution >= 0.6 is 23.3 Å². The summed E-state index contributed by atoms with van der Waals surface area (Å²) < 4.78 is 3.77. The molecule has 1 rings (SSSR count). The maximum atomic E-state index is 5.11. The normalized spacial score (nSPS) is 9.77. The molecule has 70 valence electrons. The van der Waals surface area contributed by atoms with E-state index in [1.165, 1.54) is 11.5 Å². The Labute approximate surface area is 86.5 Å². The van der Waals surface area contributed by atoms with Crippen molar-refractivity contribution in [3.63, 3.8) is 0 Å². The van der Waals surface area contributed by atoms with Gasteiger partial charge in [-0.05, 0) is 11.5 Å². The van der Waals surface area contributed by atoms with E-state index in [0.717, 1.165) is 30.3 Å². The van der Waals surface area contributed by atoms with Crippen LogP contribution in [0, 0.1) is 12.3 Å². The molecule has 0 bridgehead atoms. The van der Waals surface area contributed by atoms with Gasteiger partial charge in [-0.15, -0.1) is 23.3 Å². The molecule has 0 aliphatic carbocycles. The summed E-state index contributed by atoms with van der Waals surface area (Å²) in [5.74, 6) is 4.42. The van der Waals surface area contributed by atoms with Gasteiger partial charge in [0.2, 0.25) is 0 Å². The van der Waals surface area contributed by atoms with Crippen molar-refractivity contribution in [2.75, 3.05) is 18.1 Å². The van der Waals surface area contributed by atoms with Crippen LogP contribution in [0.25, 0.3) is 0 Å². The fourth-order valence-electron chi connectivity index (χ4n) is 0.753. The van der Waals surface area contributed by atoms with Crippen LogP contribution < -0.4 is 5.32 Å². The van der Waals surface area contributed by atoms with E-state index in [4.69, 9.17) is 6.42 Å². The van der Waals surface area contributed by atoms with Gasteiger partial charge in [-0.3, -0.25) is 0 Å². The second-order valence-corrected chi connectivity index (χ2v) is 4.04. The number of thioether (sulfide) groups is 1. The molecule has 0 spiro atoms. The Bertz CT molecular complexity index is 253. The third-order valence-corrected chi connectivity index (χ3v) is 2.74. The van der Waals surface area contributed by atoms with Crippen molar-refractivity contribution < 1.29 is 0 Å². The summed E-state index contributed by atoms with van der Waals surface area (Å²) in [4.78, 5) is 0. The summed E-state index contributed by atoms with van der Waals surface area (Å²) in [5.41, 5.74) is 1.01. The van der Waals surface area contributed by atoms with Crippen LogP contribution in [0.2, 0.25) is 0 Å². The van der Waals surface area contributed by atoms with Crippen molar-refractivity contribution in [2.24, 2.45) is 0 Å². The highest BCUT2D eigenvalue weighted by atomic mass is 32.2. The van der Waals surface area contributed by atoms with Gasteiger partial charge in [0.1, 0.15) is 0 Å². The van der Waals surface area contributed by atoms with Gasteiger partial charge in [0.15, 0.2) is 0 Å². The lowest BCUT2D eigenvalue weighted by molar-refractivity contribution is 0.712. The van der Waals surface area contributed by atoms with Crippen LogP contribution in [0.3, 0.4) is 0 Å². The van der Waals surface area contributed by atoms with Crippen molar-refractivity contribution in [3.05, 3.63) is 11.1 Å². The summed E-state index contributed by atoms with van der Waals surface area (Å²) in [7, 11) is 0. The third-order valence-electron chi connectivity index (χ3n) is 1.32. The Hall–Kier alpha value is -0.570. The van der Waals surface area contributed by atoms with Gasteiger partial charge in [-0.25, -0.2) is 0 Å². The molecule has 5 heteroatoms. The smallest absolute Gasteiger partial charge is 0.0893 e. The van der Waals surface area contributed by atoms with E-state index in [2.05, 4.69) is 20.8 Å². The lowest BCUT2D eigenvalue weighted by atomic mass is 10.5. The molecule has 0 radical (unpaired) electrons. The highest BCUT2D eigenvalue weighted by Crippen LogP contribution is 1.97. The van der Waals surface area contributed by atoms with Crippen LogP contribution in [0.4, 0.5) is 0 Å². The lowest BCUT2D eigenvalue weighted by Crippen LogP contribution is -2.16. The van der Waals surface area contributed by atoms with Crippen LogP contribution in [0.5, 0.6) is 0 Å². The van der Waals surface area contributed by atoms with Gasteiger partial charge in [0.25, 0.3) is 0 Å². The molecule has 0 amide bonds. The molecule has 0 atom stereocenters. The van der Waals surface area contributed by atoms with E-state index >= 15 is 0 Å². The van der Waals surface area contributed by atoms with Crippen molar-refractivity contribution in [2.45, 2.75) is 6.54 Å². The fraction of sp³-hybridized carbons (Fsp3) is 0.500. The fourth-order valence-corrected chi connectivity index (χ4v) is 1.76. The molecule has 1 N–H and O–H groups in total. The molecule has 1 heterocycles. The number of hydrogen-bond donors (Lipinski definition) is 1. The first-order valence-electron chi connectivity index (χ1n) is 3.91. The minimum Gasteiger partial charge on any atom is -0.310 e. The standard InChI is InChI=1S/C8H11N3S2/c1-2-4-12-5-3-9-6-8-7-13-11-10-8/h1,7,9H,3-6H2. The van der Waals surface area contributed by atoms with Crippen LogP contribution in [0.1, 0.15) is 5.69 Å². The van der Waals surface area contributed by atoms with E-state index in [1.807, 2.05) is 5.38 Å². The third kappa shape index (κ3) is 4.88. The number of nitrogens with zero attached hydrogens (tertiary/aromatic N) is 2. The molecule has 0 aliphatic heterocycles. The predicted molar refractivity (Wildman–Crippen MR) is 57.8 cm³/mol. The molecule has 0 aromatic carbocycles. The molecule has 0 fully saturated rings. The SMILES string of the molecule is C#CCSCCNCc1csnn1. The Morgan fingerprint density at radius 3 is 3.31 bits per heavy atom. The van der Waals surface area contributed by atoms with Gasteiger partial charge >= 0.3 is 0 Å². The molecular weight excluding hydrogens is 202 g/mol. The van der Waals surface area contributed by atoms with E-state index in [1.54, 1.807) is 11.8 Å². The Kier molecular flexibility index (Phi) is 5.57. The van der Waals surface area contributed by atoms with Crippen LogP contribution in [0.15, 0.2) is 5.38 Å². The molecule has 1 aromatic rings. The zero-order valence-corrected chi connectivity index (χ0v) is 8.83. The van der Waals surface area contributed by atoms with Gasteiger partial charge in [0, 0.05) is 24.2 Å². The van der Waals surface area contributed by atoms with Crippen molar-refractivity contribution in [1.29, 1.82) is 0 Å². The van der Waals surface area contributed by atoms with Gasteiger partial charge < -0.3 is 5.32 Å². The molecule has 1 aromatic heterocycles. The van der Waals surface area contributed by atoms with Crippen LogP contribution in [-0.4, -0.2) is 27.6 Å². The highest BCUT2D eigenvalue weighted by molar-refractivity contribution is 7.99. The zero-order valence-electron chi connectivity index (χ0n) is 7.19. The number of aromatic nitrogens is 2. The zero-order chi connectivity index (χ0) is 9.36. The second kappa shape index (κ2) is 6.89. The number of hydrogen-bond acceptors (Lipinski definition) is 5. The summed E-state index contributed by atoms with van der Waals surface area (Å²) >= 11 is 3.14. The van der Waals surface area contributed by atoms with E-state index in [9.17, 15) is 0 Å². The minimum absolute atomic E-state index is 0.792. The molecule has 0 saturated carbocycles. The minimum atomic E-state index is 0.792. The first-order valence-corrected chi connectivity index (χ1v) is 5.90. The Morgan fingerprint density at radius 2 is 2.62 bits per heavy atom. The van der Waals surface area contributed by atoms with E-state index in [0.29, 0.717) is 0 Å². The number of terminal acetylenes is 1. The summed E-state index contributed by atoms with van der Waals surface area (Å²) in [5, 5.41) is 9.12. The van der Waals surface area contributed by atoms with Crippen LogP contribution in [-0.2, 0) is 6.54 Å².